The van der Waals surface area contributed by atoms with Gasteiger partial charge in [-0.2, -0.15) is 4.98 Å². The number of piperazine rings is 1. The quantitative estimate of drug-likeness (QED) is 0.0975. The molecule has 4 fully saturated rings. The molecular weight excluding hydrogens is 927 g/mol. The van der Waals surface area contributed by atoms with Gasteiger partial charge in [-0.15, -0.1) is 0 Å². The normalized spacial score (nSPS) is 19.1. The molecule has 2 amide bonds. The maximum atomic E-state index is 15.2. The lowest BCUT2D eigenvalue weighted by Gasteiger charge is -2.43. The number of benzene rings is 3. The molecule has 17 nitrogen and oxygen atoms in total. The molecule has 0 radical (unpaired) electrons. The van der Waals surface area contributed by atoms with Gasteiger partial charge in [-0.3, -0.25) is 29.0 Å². The molecule has 372 valence electrons. The predicted molar refractivity (Wildman–Crippen MR) is 268 cm³/mol. The van der Waals surface area contributed by atoms with Gasteiger partial charge in [0.2, 0.25) is 27.8 Å². The van der Waals surface area contributed by atoms with E-state index in [0.29, 0.717) is 53.2 Å². The largest absolute Gasteiger partial charge is 0.497 e. The van der Waals surface area contributed by atoms with Crippen molar-refractivity contribution >= 4 is 73.6 Å². The van der Waals surface area contributed by atoms with Crippen LogP contribution in [0.5, 0.6) is 11.5 Å². The number of amides is 2. The molecule has 4 saturated heterocycles. The van der Waals surface area contributed by atoms with Crippen molar-refractivity contribution in [3.8, 4) is 11.5 Å². The van der Waals surface area contributed by atoms with E-state index in [2.05, 4.69) is 64.6 Å². The van der Waals surface area contributed by atoms with E-state index in [0.717, 1.165) is 113 Å². The van der Waals surface area contributed by atoms with E-state index >= 15 is 4.39 Å². The first kappa shape index (κ1) is 49.9. The highest BCUT2D eigenvalue weighted by Crippen LogP contribution is 2.39. The Morgan fingerprint density at radius 1 is 0.884 bits per heavy atom. The Balaban J connectivity index is 0.788. The molecule has 8 rings (SSSR count). The maximum absolute atomic E-state index is 15.2. The molecule has 4 aliphatic heterocycles. The summed E-state index contributed by atoms with van der Waals surface area (Å²) in [6.45, 7) is 11.3. The van der Waals surface area contributed by atoms with Crippen LogP contribution in [0.15, 0.2) is 54.7 Å². The number of carbonyl (C=O) groups excluding carboxylic acids is 2. The van der Waals surface area contributed by atoms with Gasteiger partial charge >= 0.3 is 0 Å². The minimum atomic E-state index is -3.59. The zero-order valence-corrected chi connectivity index (χ0v) is 41.7. The molecule has 5 heterocycles. The summed E-state index contributed by atoms with van der Waals surface area (Å²) in [7, 11) is 1.04. The number of piperidine rings is 3. The van der Waals surface area contributed by atoms with Crippen LogP contribution in [-0.4, -0.2) is 145 Å². The lowest BCUT2D eigenvalue weighted by Crippen LogP contribution is -2.53. The van der Waals surface area contributed by atoms with E-state index in [4.69, 9.17) is 25.8 Å². The number of halogens is 2. The molecule has 4 aliphatic rings. The number of rotatable bonds is 17. The molecule has 0 saturated carbocycles. The molecular formula is C49H64ClFN10O7S. The van der Waals surface area contributed by atoms with E-state index in [-0.39, 0.29) is 35.2 Å². The summed E-state index contributed by atoms with van der Waals surface area (Å²) in [6, 6.07) is 14.9. The topological polar surface area (TPSA) is 174 Å². The van der Waals surface area contributed by atoms with Crippen LogP contribution >= 0.6 is 11.6 Å². The number of imide groups is 1. The lowest BCUT2D eigenvalue weighted by atomic mass is 9.90. The Bertz CT molecular complexity index is 2590. The third-order valence-corrected chi connectivity index (χ3v) is 15.4. The van der Waals surface area contributed by atoms with Crippen molar-refractivity contribution in [2.24, 2.45) is 0 Å². The van der Waals surface area contributed by atoms with E-state index in [1.165, 1.54) is 32.0 Å². The summed E-state index contributed by atoms with van der Waals surface area (Å²) in [5.74, 6) is -0.0593. The van der Waals surface area contributed by atoms with Gasteiger partial charge in [-0.05, 0) is 74.4 Å². The van der Waals surface area contributed by atoms with Crippen LogP contribution in [0.2, 0.25) is 5.02 Å². The van der Waals surface area contributed by atoms with E-state index in [1.807, 2.05) is 6.07 Å². The smallest absolute Gasteiger partial charge is 0.234 e. The van der Waals surface area contributed by atoms with Crippen LogP contribution < -0.4 is 39.5 Å². The van der Waals surface area contributed by atoms with Gasteiger partial charge in [0, 0.05) is 107 Å². The predicted octanol–water partition coefficient (Wildman–Crippen LogP) is 6.52. The number of nitrogens with zero attached hydrogens (tertiary/aromatic N) is 7. The third kappa shape index (κ3) is 11.9. The summed E-state index contributed by atoms with van der Waals surface area (Å²) in [6.07, 6.45) is 8.05. The number of hydrogen-bond donors (Lipinski definition) is 3. The number of ether oxygens (including phenoxy) is 3. The van der Waals surface area contributed by atoms with Gasteiger partial charge in [-0.25, -0.2) is 17.8 Å². The second-order valence-electron chi connectivity index (χ2n) is 18.2. The number of aromatic nitrogens is 2. The molecule has 3 N–H and O–H groups in total. The van der Waals surface area contributed by atoms with E-state index < -0.39 is 27.7 Å². The number of aryl methyl sites for hydroxylation is 1. The first-order chi connectivity index (χ1) is 33.2. The SMILES string of the molecule is CCc1cc(Nc2ncc(Cl)c(Nc3ccc(OC)cc3N(C)S(C)(=O)=O)n2)c(OC)cc1N1CCC(N2CCN(CCOC3CCN(c4ccc(C5CCC(=O)NC5=O)c(F)c4)CC3)CC2)CC1. The molecule has 3 aromatic carbocycles. The van der Waals surface area contributed by atoms with Crippen molar-refractivity contribution < 1.29 is 36.6 Å². The highest BCUT2D eigenvalue weighted by molar-refractivity contribution is 7.92. The number of carbonyl (C=O) groups is 2. The van der Waals surface area contributed by atoms with E-state index in [1.54, 1.807) is 31.4 Å². The summed E-state index contributed by atoms with van der Waals surface area (Å²) in [5.41, 5.74) is 5.01. The Morgan fingerprint density at radius 2 is 1.62 bits per heavy atom. The second kappa shape index (κ2) is 22.1. The van der Waals surface area contributed by atoms with Crippen molar-refractivity contribution in [1.29, 1.82) is 0 Å². The Hall–Kier alpha value is -5.47. The summed E-state index contributed by atoms with van der Waals surface area (Å²) >= 11 is 6.56. The standard InChI is InChI=1S/C49H64ClFN10O7S/c1-6-32-27-42(54-49-52-31-39(50)47(56-49)53-41-11-8-36(66-3)29-44(41)57(2)69(5,64)65)45(67-4)30-43(32)61-17-13-33(14-18-61)60-23-21-58(22-24-60)25-26-68-35-15-19-59(20-16-35)34-7-9-37(40(51)28-34)38-10-12-46(62)55-48(38)63/h7-9,11,27-31,33,35,38H,6,10,12-26H2,1-5H3,(H,55,62,63)(H2,52,53,54,56). The molecule has 0 aliphatic carbocycles. The fraction of sp³-hybridized carbons (Fsp3) is 0.510. The van der Waals surface area contributed by atoms with Gasteiger partial charge in [0.25, 0.3) is 0 Å². The monoisotopic (exact) mass is 990 g/mol. The molecule has 0 spiro atoms. The van der Waals surface area contributed by atoms with Crippen molar-refractivity contribution in [2.75, 3.05) is 118 Å². The highest BCUT2D eigenvalue weighted by atomic mass is 35.5. The van der Waals surface area contributed by atoms with Gasteiger partial charge in [-0.1, -0.05) is 24.6 Å². The summed E-state index contributed by atoms with van der Waals surface area (Å²) in [4.78, 5) is 42.8. The lowest BCUT2D eigenvalue weighted by molar-refractivity contribution is -0.134. The minimum Gasteiger partial charge on any atom is -0.497 e. The minimum absolute atomic E-state index is 0.176. The highest BCUT2D eigenvalue weighted by Gasteiger charge is 2.32. The summed E-state index contributed by atoms with van der Waals surface area (Å²) < 4.78 is 58.9. The zero-order valence-electron chi connectivity index (χ0n) is 40.1. The first-order valence-corrected chi connectivity index (χ1v) is 26.0. The molecule has 4 aromatic rings. The molecule has 1 aromatic heterocycles. The summed E-state index contributed by atoms with van der Waals surface area (Å²) in [5, 5.41) is 9.08. The molecule has 1 atom stereocenters. The van der Waals surface area contributed by atoms with Crippen molar-refractivity contribution in [3.05, 3.63) is 76.7 Å². The fourth-order valence-electron chi connectivity index (χ4n) is 9.84. The van der Waals surface area contributed by atoms with Crippen LogP contribution in [0.4, 0.5) is 44.6 Å². The van der Waals surface area contributed by atoms with Crippen LogP contribution in [0, 0.1) is 5.82 Å². The molecule has 1 unspecified atom stereocenters. The average molecular weight is 992 g/mol. The van der Waals surface area contributed by atoms with Gasteiger partial charge in [0.1, 0.15) is 22.3 Å². The number of anilines is 7. The number of methoxy groups -OCH3 is 2. The van der Waals surface area contributed by atoms with Gasteiger partial charge in [0.15, 0.2) is 5.82 Å². The number of hydrogen-bond acceptors (Lipinski definition) is 15. The van der Waals surface area contributed by atoms with Gasteiger partial charge < -0.3 is 34.6 Å². The Morgan fingerprint density at radius 3 is 2.29 bits per heavy atom. The van der Waals surface area contributed by atoms with Crippen LogP contribution in [0.3, 0.4) is 0 Å². The molecule has 20 heteroatoms. The number of sulfonamides is 1. The van der Waals surface area contributed by atoms with Gasteiger partial charge in [0.05, 0.1) is 62.4 Å². The van der Waals surface area contributed by atoms with Crippen LogP contribution in [0.25, 0.3) is 0 Å². The number of nitrogens with one attached hydrogen (secondary N) is 3. The average Bonchev–Trinajstić information content (AvgIpc) is 3.35. The zero-order chi connectivity index (χ0) is 48.8. The third-order valence-electron chi connectivity index (χ3n) is 14.0. The Labute approximate surface area is 409 Å². The van der Waals surface area contributed by atoms with E-state index in [9.17, 15) is 18.0 Å². The molecule has 0 bridgehead atoms. The second-order valence-corrected chi connectivity index (χ2v) is 20.6. The first-order valence-electron chi connectivity index (χ1n) is 23.8. The van der Waals surface area contributed by atoms with Crippen LogP contribution in [-0.2, 0) is 30.8 Å². The Kier molecular flexibility index (Phi) is 16.0. The molecule has 69 heavy (non-hydrogen) atoms. The fourth-order valence-corrected chi connectivity index (χ4v) is 10.5. The van der Waals surface area contributed by atoms with Crippen molar-refractivity contribution in [2.45, 2.75) is 69.9 Å². The van der Waals surface area contributed by atoms with Crippen molar-refractivity contribution in [1.82, 2.24) is 25.1 Å². The van der Waals surface area contributed by atoms with Crippen LogP contribution in [0.1, 0.15) is 62.5 Å². The maximum Gasteiger partial charge on any atom is 0.234 e. The van der Waals surface area contributed by atoms with Crippen molar-refractivity contribution in [3.63, 3.8) is 0 Å².